The van der Waals surface area contributed by atoms with Crippen LogP contribution in [-0.2, 0) is 5.75 Å². The van der Waals surface area contributed by atoms with E-state index in [1.807, 2.05) is 48.2 Å². The molecule has 0 radical (unpaired) electrons. The Morgan fingerprint density at radius 2 is 1.94 bits per heavy atom. The molecule has 158 valence electrons. The number of nitrogens with zero attached hydrogens (tertiary/aromatic N) is 3. The Hall–Kier alpha value is -2.64. The first-order chi connectivity index (χ1) is 15.2. The van der Waals surface area contributed by atoms with Crippen LogP contribution < -0.4 is 0 Å². The third-order valence-corrected chi connectivity index (χ3v) is 7.90. The Balaban J connectivity index is 1.25. The molecule has 31 heavy (non-hydrogen) atoms. The highest BCUT2D eigenvalue weighted by Crippen LogP contribution is 2.35. The number of fused-ring (bicyclic) bond motifs is 1. The fraction of sp³-hybridized carbons (Fsp3) is 0.292. The van der Waals surface area contributed by atoms with E-state index >= 15 is 0 Å². The molecule has 1 amide bonds. The second-order valence-electron chi connectivity index (χ2n) is 7.81. The second-order valence-corrected chi connectivity index (χ2v) is 9.89. The summed E-state index contributed by atoms with van der Waals surface area (Å²) in [5.74, 6) is 2.02. The van der Waals surface area contributed by atoms with Crippen LogP contribution in [0.2, 0.25) is 0 Å². The number of carbonyl (C=O) groups is 1. The fourth-order valence-electron chi connectivity index (χ4n) is 3.97. The molecule has 1 aliphatic rings. The van der Waals surface area contributed by atoms with Crippen molar-refractivity contribution < 1.29 is 9.32 Å². The van der Waals surface area contributed by atoms with E-state index in [9.17, 15) is 4.79 Å². The summed E-state index contributed by atoms with van der Waals surface area (Å²) in [5.41, 5.74) is 2.71. The van der Waals surface area contributed by atoms with Gasteiger partial charge in [0.05, 0.1) is 32.2 Å². The summed E-state index contributed by atoms with van der Waals surface area (Å²) < 4.78 is 6.55. The van der Waals surface area contributed by atoms with Crippen molar-refractivity contribution in [2.75, 3.05) is 13.1 Å². The number of amides is 1. The number of aryl methyl sites for hydroxylation is 1. The van der Waals surface area contributed by atoms with Crippen molar-refractivity contribution >= 4 is 39.2 Å². The lowest BCUT2D eigenvalue weighted by atomic mass is 9.97. The zero-order chi connectivity index (χ0) is 21.2. The number of carbonyl (C=O) groups excluding carboxylic acids is 1. The van der Waals surface area contributed by atoms with Crippen LogP contribution in [0, 0.1) is 6.92 Å². The van der Waals surface area contributed by atoms with E-state index in [0.717, 1.165) is 53.4 Å². The van der Waals surface area contributed by atoms with Crippen LogP contribution in [0.3, 0.4) is 0 Å². The van der Waals surface area contributed by atoms with E-state index in [-0.39, 0.29) is 5.91 Å². The predicted octanol–water partition coefficient (Wildman–Crippen LogP) is 5.90. The lowest BCUT2D eigenvalue weighted by Crippen LogP contribution is -2.38. The van der Waals surface area contributed by atoms with Crippen LogP contribution in [-0.4, -0.2) is 34.0 Å². The molecule has 2 aromatic carbocycles. The Kier molecular flexibility index (Phi) is 5.78. The van der Waals surface area contributed by atoms with Gasteiger partial charge in [-0.2, -0.15) is 0 Å². The molecule has 3 heterocycles. The van der Waals surface area contributed by atoms with Gasteiger partial charge in [0.25, 0.3) is 5.91 Å². The molecule has 0 aliphatic carbocycles. The largest absolute Gasteiger partial charge is 0.360 e. The molecule has 1 saturated heterocycles. The van der Waals surface area contributed by atoms with Crippen molar-refractivity contribution in [2.45, 2.75) is 36.3 Å². The number of rotatable bonds is 5. The normalized spacial score (nSPS) is 14.9. The van der Waals surface area contributed by atoms with Gasteiger partial charge in [0.15, 0.2) is 0 Å². The Bertz CT molecular complexity index is 1180. The summed E-state index contributed by atoms with van der Waals surface area (Å²) >= 11 is 3.40. The third-order valence-electron chi connectivity index (χ3n) is 5.61. The van der Waals surface area contributed by atoms with Gasteiger partial charge in [-0.1, -0.05) is 29.4 Å². The maximum Gasteiger partial charge on any atom is 0.254 e. The molecule has 0 N–H and O–H groups in total. The molecule has 1 fully saturated rings. The van der Waals surface area contributed by atoms with Gasteiger partial charge in [-0.05, 0) is 44.0 Å². The molecule has 5 nitrogen and oxygen atoms in total. The molecule has 0 spiro atoms. The maximum atomic E-state index is 13.3. The summed E-state index contributed by atoms with van der Waals surface area (Å²) in [6.07, 6.45) is 1.91. The molecule has 0 atom stereocenters. The quantitative estimate of drug-likeness (QED) is 0.355. The van der Waals surface area contributed by atoms with Gasteiger partial charge in [0.2, 0.25) is 0 Å². The lowest BCUT2D eigenvalue weighted by molar-refractivity contribution is 0.0709. The zero-order valence-electron chi connectivity index (χ0n) is 17.3. The van der Waals surface area contributed by atoms with Gasteiger partial charge in [0.1, 0.15) is 5.76 Å². The molecule has 1 aliphatic heterocycles. The maximum absolute atomic E-state index is 13.3. The number of benzene rings is 2. The third kappa shape index (κ3) is 4.38. The van der Waals surface area contributed by atoms with Crippen LogP contribution in [0.1, 0.15) is 45.6 Å². The first-order valence-corrected chi connectivity index (χ1v) is 12.3. The minimum absolute atomic E-state index is 0.111. The Labute approximate surface area is 189 Å². The van der Waals surface area contributed by atoms with E-state index in [2.05, 4.69) is 23.4 Å². The molecular formula is C24H23N3O2S2. The topological polar surface area (TPSA) is 59.2 Å². The van der Waals surface area contributed by atoms with E-state index in [1.165, 1.54) is 9.71 Å². The minimum atomic E-state index is 0.111. The van der Waals surface area contributed by atoms with E-state index in [4.69, 9.17) is 9.51 Å². The number of piperidine rings is 1. The first kappa shape index (κ1) is 20.3. The molecule has 5 rings (SSSR count). The lowest BCUT2D eigenvalue weighted by Gasteiger charge is -2.31. The van der Waals surface area contributed by atoms with Crippen molar-refractivity contribution in [3.8, 4) is 0 Å². The summed E-state index contributed by atoms with van der Waals surface area (Å²) in [6, 6.07) is 18.1. The highest BCUT2D eigenvalue weighted by molar-refractivity contribution is 7.98. The van der Waals surface area contributed by atoms with E-state index in [0.29, 0.717) is 11.7 Å². The average Bonchev–Trinajstić information content (AvgIpc) is 3.43. The standard InChI is InChI=1S/C24H23N3O2S2/c1-16-14-18(29-26-16)15-30-21-8-4-2-6-19(21)24(28)27-12-10-17(11-13-27)23-25-20-7-3-5-9-22(20)31-23/h2-9,14,17H,10-13,15H2,1H3. The first-order valence-electron chi connectivity index (χ1n) is 10.5. The molecular weight excluding hydrogens is 426 g/mol. The smallest absolute Gasteiger partial charge is 0.254 e. The SMILES string of the molecule is Cc1cc(CSc2ccccc2C(=O)N2CCC(c3nc4ccccc4s3)CC2)on1. The van der Waals surface area contributed by atoms with Crippen molar-refractivity contribution in [3.63, 3.8) is 0 Å². The fourth-order valence-corrected chi connectivity index (χ4v) is 6.02. The Morgan fingerprint density at radius 1 is 1.16 bits per heavy atom. The monoisotopic (exact) mass is 449 g/mol. The molecule has 4 aromatic rings. The van der Waals surface area contributed by atoms with Crippen molar-refractivity contribution in [1.29, 1.82) is 0 Å². The van der Waals surface area contributed by atoms with Gasteiger partial charge < -0.3 is 9.42 Å². The number of aromatic nitrogens is 2. The molecule has 0 saturated carbocycles. The van der Waals surface area contributed by atoms with E-state index < -0.39 is 0 Å². The summed E-state index contributed by atoms with van der Waals surface area (Å²) in [7, 11) is 0. The van der Waals surface area contributed by atoms with Crippen LogP contribution in [0.25, 0.3) is 10.2 Å². The van der Waals surface area contributed by atoms with Gasteiger partial charge in [0, 0.05) is 30.0 Å². The molecule has 7 heteroatoms. The Morgan fingerprint density at radius 3 is 2.71 bits per heavy atom. The summed E-state index contributed by atoms with van der Waals surface area (Å²) in [4.78, 5) is 21.1. The number of likely N-dealkylation sites (tertiary alicyclic amines) is 1. The summed E-state index contributed by atoms with van der Waals surface area (Å²) in [6.45, 7) is 3.44. The molecule has 0 bridgehead atoms. The van der Waals surface area contributed by atoms with Gasteiger partial charge >= 0.3 is 0 Å². The predicted molar refractivity (Wildman–Crippen MR) is 125 cm³/mol. The molecule has 2 aromatic heterocycles. The number of para-hydroxylation sites is 1. The van der Waals surface area contributed by atoms with Gasteiger partial charge in [-0.25, -0.2) is 4.98 Å². The van der Waals surface area contributed by atoms with Crippen LogP contribution in [0.4, 0.5) is 0 Å². The van der Waals surface area contributed by atoms with Crippen molar-refractivity contribution in [1.82, 2.24) is 15.0 Å². The minimum Gasteiger partial charge on any atom is -0.360 e. The highest BCUT2D eigenvalue weighted by Gasteiger charge is 2.27. The van der Waals surface area contributed by atoms with E-state index in [1.54, 1.807) is 23.1 Å². The number of hydrogen-bond donors (Lipinski definition) is 0. The van der Waals surface area contributed by atoms with Gasteiger partial charge in [-0.15, -0.1) is 23.1 Å². The van der Waals surface area contributed by atoms with Crippen LogP contribution in [0.5, 0.6) is 0 Å². The van der Waals surface area contributed by atoms with Crippen molar-refractivity contribution in [3.05, 3.63) is 76.6 Å². The van der Waals surface area contributed by atoms with Crippen LogP contribution >= 0.6 is 23.1 Å². The van der Waals surface area contributed by atoms with Crippen LogP contribution in [0.15, 0.2) is 64.0 Å². The van der Waals surface area contributed by atoms with Crippen molar-refractivity contribution in [2.24, 2.45) is 0 Å². The summed E-state index contributed by atoms with van der Waals surface area (Å²) in [5, 5.41) is 5.14. The van der Waals surface area contributed by atoms with Gasteiger partial charge in [-0.3, -0.25) is 4.79 Å². The zero-order valence-corrected chi connectivity index (χ0v) is 18.9. The highest BCUT2D eigenvalue weighted by atomic mass is 32.2. The average molecular weight is 450 g/mol. The number of thioether (sulfide) groups is 1. The second kappa shape index (κ2) is 8.85. The number of thiazole rings is 1. The molecule has 0 unspecified atom stereocenters. The number of hydrogen-bond acceptors (Lipinski definition) is 6.